The van der Waals surface area contributed by atoms with Crippen LogP contribution >= 0.6 is 11.6 Å². The van der Waals surface area contributed by atoms with Gasteiger partial charge in [-0.1, -0.05) is 53.6 Å². The molecule has 0 aliphatic rings. The third-order valence-corrected chi connectivity index (χ3v) is 3.21. The van der Waals surface area contributed by atoms with Gasteiger partial charge in [-0.15, -0.1) is 0 Å². The zero-order valence-corrected chi connectivity index (χ0v) is 10.4. The molecule has 0 unspecified atom stereocenters. The van der Waals surface area contributed by atoms with Gasteiger partial charge in [-0.25, -0.2) is 0 Å². The standard InChI is InChI=1S/C15H15Cl/c1-11-7-8-12(2)14(9-11)10-13-5-3-4-6-15(13)16/h3-9H,10H2,1-2H3. The second-order valence-electron chi connectivity index (χ2n) is 4.20. The van der Waals surface area contributed by atoms with Gasteiger partial charge in [0.25, 0.3) is 0 Å². The zero-order valence-electron chi connectivity index (χ0n) is 9.63. The van der Waals surface area contributed by atoms with Gasteiger partial charge in [0.1, 0.15) is 0 Å². The molecule has 2 rings (SSSR count). The highest BCUT2D eigenvalue weighted by molar-refractivity contribution is 6.31. The summed E-state index contributed by atoms with van der Waals surface area (Å²) >= 11 is 6.17. The molecule has 0 fully saturated rings. The monoisotopic (exact) mass is 230 g/mol. The van der Waals surface area contributed by atoms with E-state index in [9.17, 15) is 0 Å². The number of halogens is 1. The van der Waals surface area contributed by atoms with Crippen LogP contribution in [-0.2, 0) is 6.42 Å². The highest BCUT2D eigenvalue weighted by atomic mass is 35.5. The molecule has 2 aromatic rings. The molecule has 16 heavy (non-hydrogen) atoms. The summed E-state index contributed by atoms with van der Waals surface area (Å²) in [6, 6.07) is 14.6. The SMILES string of the molecule is Cc1ccc(C)c(Cc2ccccc2Cl)c1. The van der Waals surface area contributed by atoms with Gasteiger partial charge in [-0.3, -0.25) is 0 Å². The van der Waals surface area contributed by atoms with Crippen molar-refractivity contribution in [2.24, 2.45) is 0 Å². The molecule has 0 aliphatic heterocycles. The normalized spacial score (nSPS) is 10.4. The molecule has 0 N–H and O–H groups in total. The first-order valence-electron chi connectivity index (χ1n) is 5.46. The lowest BCUT2D eigenvalue weighted by Crippen LogP contribution is -1.93. The van der Waals surface area contributed by atoms with E-state index in [0.29, 0.717) is 0 Å². The Labute approximate surface area is 102 Å². The predicted molar refractivity (Wildman–Crippen MR) is 70.2 cm³/mol. The van der Waals surface area contributed by atoms with Crippen LogP contribution in [0.5, 0.6) is 0 Å². The fourth-order valence-corrected chi connectivity index (χ4v) is 2.04. The first-order chi connectivity index (χ1) is 7.66. The minimum absolute atomic E-state index is 0.850. The molecule has 0 bridgehead atoms. The van der Waals surface area contributed by atoms with Crippen molar-refractivity contribution < 1.29 is 0 Å². The molecule has 82 valence electrons. The molecule has 0 atom stereocenters. The number of hydrogen-bond donors (Lipinski definition) is 0. The third-order valence-electron chi connectivity index (χ3n) is 2.84. The van der Waals surface area contributed by atoms with Crippen LogP contribution < -0.4 is 0 Å². The van der Waals surface area contributed by atoms with Gasteiger partial charge in [0.15, 0.2) is 0 Å². The molecular formula is C15H15Cl. The second-order valence-corrected chi connectivity index (χ2v) is 4.61. The first-order valence-corrected chi connectivity index (χ1v) is 5.84. The van der Waals surface area contributed by atoms with Crippen molar-refractivity contribution in [2.45, 2.75) is 20.3 Å². The lowest BCUT2D eigenvalue weighted by molar-refractivity contribution is 1.14. The molecule has 0 heterocycles. The summed E-state index contributed by atoms with van der Waals surface area (Å²) in [7, 11) is 0. The summed E-state index contributed by atoms with van der Waals surface area (Å²) in [5.41, 5.74) is 5.17. The van der Waals surface area contributed by atoms with Crippen LogP contribution in [0.25, 0.3) is 0 Å². The average Bonchev–Trinajstić information content (AvgIpc) is 2.27. The summed E-state index contributed by atoms with van der Waals surface area (Å²) in [5, 5.41) is 0.850. The maximum absolute atomic E-state index is 6.17. The van der Waals surface area contributed by atoms with Crippen molar-refractivity contribution in [2.75, 3.05) is 0 Å². The molecule has 2 aromatic carbocycles. The van der Waals surface area contributed by atoms with Crippen LogP contribution in [-0.4, -0.2) is 0 Å². The number of rotatable bonds is 2. The van der Waals surface area contributed by atoms with E-state index >= 15 is 0 Å². The second kappa shape index (κ2) is 4.71. The molecular weight excluding hydrogens is 216 g/mol. The average molecular weight is 231 g/mol. The van der Waals surface area contributed by atoms with Crippen LogP contribution in [0.1, 0.15) is 22.3 Å². The van der Waals surface area contributed by atoms with Gasteiger partial charge in [0.2, 0.25) is 0 Å². The Kier molecular flexibility index (Phi) is 3.31. The number of benzene rings is 2. The summed E-state index contributed by atoms with van der Waals surface area (Å²) in [6.07, 6.45) is 0.910. The Morgan fingerprint density at radius 3 is 2.44 bits per heavy atom. The topological polar surface area (TPSA) is 0 Å². The largest absolute Gasteiger partial charge is 0.0840 e. The summed E-state index contributed by atoms with van der Waals surface area (Å²) < 4.78 is 0. The fraction of sp³-hybridized carbons (Fsp3) is 0.200. The molecule has 0 spiro atoms. The van der Waals surface area contributed by atoms with Crippen molar-refractivity contribution in [3.8, 4) is 0 Å². The van der Waals surface area contributed by atoms with Gasteiger partial charge in [0, 0.05) is 5.02 Å². The molecule has 0 amide bonds. The Hall–Kier alpha value is -1.27. The molecule has 0 nitrogen and oxygen atoms in total. The van der Waals surface area contributed by atoms with Gasteiger partial charge in [-0.2, -0.15) is 0 Å². The lowest BCUT2D eigenvalue weighted by Gasteiger charge is -2.08. The van der Waals surface area contributed by atoms with Crippen molar-refractivity contribution in [3.05, 3.63) is 69.7 Å². The number of hydrogen-bond acceptors (Lipinski definition) is 0. The van der Waals surface area contributed by atoms with E-state index in [1.54, 1.807) is 0 Å². The van der Waals surface area contributed by atoms with Gasteiger partial charge in [0.05, 0.1) is 0 Å². The fourth-order valence-electron chi connectivity index (χ4n) is 1.84. The van der Waals surface area contributed by atoms with Crippen molar-refractivity contribution in [1.29, 1.82) is 0 Å². The van der Waals surface area contributed by atoms with Crippen LogP contribution in [0.15, 0.2) is 42.5 Å². The zero-order chi connectivity index (χ0) is 11.5. The maximum atomic E-state index is 6.17. The Bertz CT molecular complexity index is 501. The molecule has 0 aliphatic carbocycles. The van der Waals surface area contributed by atoms with Crippen LogP contribution in [0, 0.1) is 13.8 Å². The maximum Gasteiger partial charge on any atom is 0.0441 e. The first kappa shape index (κ1) is 11.2. The van der Waals surface area contributed by atoms with E-state index in [0.717, 1.165) is 11.4 Å². The minimum Gasteiger partial charge on any atom is -0.0840 e. The van der Waals surface area contributed by atoms with Crippen LogP contribution in [0.4, 0.5) is 0 Å². The quantitative estimate of drug-likeness (QED) is 0.710. The van der Waals surface area contributed by atoms with Crippen molar-refractivity contribution in [1.82, 2.24) is 0 Å². The van der Waals surface area contributed by atoms with E-state index in [-0.39, 0.29) is 0 Å². The Morgan fingerprint density at radius 2 is 1.69 bits per heavy atom. The lowest BCUT2D eigenvalue weighted by atomic mass is 9.99. The summed E-state index contributed by atoms with van der Waals surface area (Å²) in [5.74, 6) is 0. The summed E-state index contributed by atoms with van der Waals surface area (Å²) in [4.78, 5) is 0. The highest BCUT2D eigenvalue weighted by Gasteiger charge is 2.03. The van der Waals surface area contributed by atoms with Crippen LogP contribution in [0.3, 0.4) is 0 Å². The molecule has 0 radical (unpaired) electrons. The van der Waals surface area contributed by atoms with E-state index in [4.69, 9.17) is 11.6 Å². The van der Waals surface area contributed by atoms with Crippen molar-refractivity contribution >= 4 is 11.6 Å². The van der Waals surface area contributed by atoms with Crippen molar-refractivity contribution in [3.63, 3.8) is 0 Å². The molecule has 0 saturated carbocycles. The van der Waals surface area contributed by atoms with E-state index < -0.39 is 0 Å². The van der Waals surface area contributed by atoms with E-state index in [2.05, 4.69) is 38.1 Å². The predicted octanol–water partition coefficient (Wildman–Crippen LogP) is 4.55. The third kappa shape index (κ3) is 2.45. The Balaban J connectivity index is 2.34. The number of aryl methyl sites for hydroxylation is 2. The smallest absolute Gasteiger partial charge is 0.0441 e. The molecule has 0 aromatic heterocycles. The van der Waals surface area contributed by atoms with Gasteiger partial charge in [-0.05, 0) is 43.0 Å². The van der Waals surface area contributed by atoms with E-state index in [1.165, 1.54) is 22.3 Å². The van der Waals surface area contributed by atoms with E-state index in [1.807, 2.05) is 18.2 Å². The highest BCUT2D eigenvalue weighted by Crippen LogP contribution is 2.21. The molecule has 1 heteroatoms. The summed E-state index contributed by atoms with van der Waals surface area (Å²) in [6.45, 7) is 4.27. The van der Waals surface area contributed by atoms with Gasteiger partial charge >= 0.3 is 0 Å². The van der Waals surface area contributed by atoms with Gasteiger partial charge < -0.3 is 0 Å². The Morgan fingerprint density at radius 1 is 0.938 bits per heavy atom. The van der Waals surface area contributed by atoms with Crippen LogP contribution in [0.2, 0.25) is 5.02 Å². The molecule has 0 saturated heterocycles. The minimum atomic E-state index is 0.850.